The topological polar surface area (TPSA) is 233 Å². The average molecular weight is 1090 g/mol. The summed E-state index contributed by atoms with van der Waals surface area (Å²) in [6.45, 7) is 16.9. The molecule has 0 bridgehead atoms. The number of pyridine rings is 4. The van der Waals surface area contributed by atoms with E-state index in [1.165, 1.54) is 20.4 Å². The summed E-state index contributed by atoms with van der Waals surface area (Å²) < 4.78 is 89.7. The van der Waals surface area contributed by atoms with Gasteiger partial charge in [-0.2, -0.15) is 31.8 Å². The minimum absolute atomic E-state index is 0.307. The predicted octanol–water partition coefficient (Wildman–Crippen LogP) is 9.78. The molecule has 8 aromatic heterocycles. The second kappa shape index (κ2) is 21.8. The number of hydrogen-bond acceptors (Lipinski definition) is 15. The maximum absolute atomic E-state index is 12.6. The van der Waals surface area contributed by atoms with Crippen molar-refractivity contribution >= 4 is 78.5 Å². The van der Waals surface area contributed by atoms with Crippen LogP contribution < -0.4 is 9.65 Å². The predicted molar refractivity (Wildman–Crippen MR) is 292 cm³/mol. The molecule has 2 N–H and O–H groups in total. The zero-order valence-electron chi connectivity index (χ0n) is 43.4. The zero-order chi connectivity index (χ0) is 56.4. The lowest BCUT2D eigenvalue weighted by molar-refractivity contribution is -0.0501. The second-order valence-corrected chi connectivity index (χ2v) is 20.4. The van der Waals surface area contributed by atoms with E-state index >= 15 is 0 Å². The first-order valence-corrected chi connectivity index (χ1v) is 25.6. The summed E-state index contributed by atoms with van der Waals surface area (Å²) in [7, 11) is -3.56. The summed E-state index contributed by atoms with van der Waals surface area (Å²) in [4.78, 5) is 46.7. The van der Waals surface area contributed by atoms with Crippen molar-refractivity contribution in [3.63, 3.8) is 0 Å². The van der Waals surface area contributed by atoms with Crippen LogP contribution in [0.5, 0.6) is 5.88 Å². The van der Waals surface area contributed by atoms with Crippen molar-refractivity contribution in [1.82, 2.24) is 49.5 Å². The maximum Gasteiger partial charge on any atom is 0.534 e. The van der Waals surface area contributed by atoms with Gasteiger partial charge in [0, 0.05) is 69.6 Å². The molecule has 0 unspecified atom stereocenters. The molecule has 24 heteroatoms. The molecule has 0 spiro atoms. The van der Waals surface area contributed by atoms with Gasteiger partial charge >= 0.3 is 34.7 Å². The highest BCUT2D eigenvalue weighted by molar-refractivity contribution is 7.88. The van der Waals surface area contributed by atoms with Gasteiger partial charge in [0.15, 0.2) is 0 Å². The molecule has 11 rings (SSSR count). The number of carbonyl (C=O) groups is 2. The number of benzene rings is 2. The Morgan fingerprint density at radius 1 is 0.671 bits per heavy atom. The van der Waals surface area contributed by atoms with Crippen molar-refractivity contribution < 1.29 is 54.1 Å². The Labute approximate surface area is 450 Å². The Morgan fingerprint density at radius 3 is 1.65 bits per heavy atom. The summed E-state index contributed by atoms with van der Waals surface area (Å²) in [6, 6.07) is 20.6. The van der Waals surface area contributed by atoms with E-state index in [2.05, 4.69) is 68.2 Å². The van der Waals surface area contributed by atoms with Crippen molar-refractivity contribution in [1.29, 1.82) is 0 Å². The van der Waals surface area contributed by atoms with Gasteiger partial charge in [-0.15, -0.1) is 13.2 Å². The molecule has 0 amide bonds. The molecule has 0 radical (unpaired) electrons. The molecule has 10 aromatic rings. The van der Waals surface area contributed by atoms with Crippen molar-refractivity contribution in [2.45, 2.75) is 57.5 Å². The van der Waals surface area contributed by atoms with Crippen LogP contribution in [-0.4, -0.2) is 108 Å². The number of hydrogen-bond donors (Lipinski definition) is 2. The van der Waals surface area contributed by atoms with Crippen LogP contribution >= 0.6 is 0 Å². The number of carbonyl (C=O) groups excluding carboxylic acids is 2. The van der Waals surface area contributed by atoms with Crippen LogP contribution in [0.3, 0.4) is 0 Å². The summed E-state index contributed by atoms with van der Waals surface area (Å²) >= 11 is 0. The Balaban J connectivity index is 0.000000150. The fourth-order valence-electron chi connectivity index (χ4n) is 8.51. The first-order chi connectivity index (χ1) is 37.6. The van der Waals surface area contributed by atoms with E-state index < -0.39 is 27.5 Å². The lowest BCUT2D eigenvalue weighted by Gasteiger charge is -2.32. The maximum atomic E-state index is 12.6. The van der Waals surface area contributed by atoms with Gasteiger partial charge in [0.25, 0.3) is 0 Å². The van der Waals surface area contributed by atoms with Crippen molar-refractivity contribution in [2.75, 3.05) is 14.2 Å². The molecule has 1 fully saturated rings. The third kappa shape index (κ3) is 11.2. The highest BCUT2D eigenvalue weighted by atomic mass is 32.2. The fraction of sp³-hybridized carbons (Fsp3) is 0.200. The first-order valence-electron chi connectivity index (χ1n) is 24.2. The van der Waals surface area contributed by atoms with Gasteiger partial charge in [-0.25, -0.2) is 24.5 Å². The van der Waals surface area contributed by atoms with Crippen LogP contribution in [0.25, 0.3) is 77.4 Å². The summed E-state index contributed by atoms with van der Waals surface area (Å²) in [6.07, 6.45) is 17.4. The Hall–Kier alpha value is -9.00. The monoisotopic (exact) mass is 1090 g/mol. The molecule has 0 saturated carbocycles. The number of methoxy groups -OCH3 is 2. The number of H-pyrrole nitrogens is 2. The molecule has 0 atom stereocenters. The molecule has 1 aliphatic heterocycles. The molecule has 1 saturated heterocycles. The lowest BCUT2D eigenvalue weighted by atomic mass is 9.82. The number of fused-ring (bicyclic) bond motifs is 6. The molecule has 1 aliphatic rings. The van der Waals surface area contributed by atoms with Crippen molar-refractivity contribution in [3.8, 4) is 39.4 Å². The number of halogens is 3. The highest BCUT2D eigenvalue weighted by Gasteiger charge is 2.52. The highest BCUT2D eigenvalue weighted by Crippen LogP contribution is 2.39. The number of allylic oxidation sites excluding steroid dienone is 2. The molecule has 19 nitrogen and oxygen atoms in total. The van der Waals surface area contributed by atoms with Crippen molar-refractivity contribution in [2.24, 2.45) is 0 Å². The number of nitrogens with zero attached hydrogens (tertiary/aromatic N) is 8. The Bertz CT molecular complexity index is 4030. The minimum atomic E-state index is -5.87. The largest absolute Gasteiger partial charge is 0.534 e. The molecular formula is C55H50BF3N10O9S. The summed E-state index contributed by atoms with van der Waals surface area (Å²) in [5.41, 5.74) is 3.21. The van der Waals surface area contributed by atoms with E-state index in [-0.39, 0.29) is 24.3 Å². The van der Waals surface area contributed by atoms with Gasteiger partial charge in [0.05, 0.1) is 85.0 Å². The number of alkyl halides is 3. The molecule has 2 aromatic carbocycles. The fourth-order valence-corrected chi connectivity index (χ4v) is 8.92. The van der Waals surface area contributed by atoms with Crippen LogP contribution in [-0.2, 0) is 42.0 Å². The third-order valence-electron chi connectivity index (χ3n) is 13.2. The van der Waals surface area contributed by atoms with Gasteiger partial charge in [-0.1, -0.05) is 36.4 Å². The van der Waals surface area contributed by atoms with Gasteiger partial charge in [-0.05, 0) is 92.4 Å². The number of aromatic amines is 2. The molecular weight excluding hydrogens is 1040 g/mol. The zero-order valence-corrected chi connectivity index (χ0v) is 44.2. The number of esters is 2. The smallest absolute Gasteiger partial charge is 0.465 e. The first kappa shape index (κ1) is 54.8. The van der Waals surface area contributed by atoms with Crippen LogP contribution in [0.4, 0.5) is 13.2 Å². The van der Waals surface area contributed by atoms with Gasteiger partial charge in [0.2, 0.25) is 5.88 Å². The third-order valence-corrected chi connectivity index (χ3v) is 14.1. The standard InChI is InChI=1S/C24H19N5O2.C19H12F3N3O5S.C12H19BN2O2/c1-3-10-29-14-17(12-27-29)20-11-19-21(13-26-20)28-23-22(19)18(8-9-25-23)15-4-6-16(7-5-15)24(30)31-2;1-29-18(26)11-4-2-10(3-5-11)12-6-7-23-17-16(12)13-8-15(24-9-14(13)25-17)30-31(27,28)19(20,21)22;1-6-7-15-9-10(8-14-15)13-16-11(2,3)12(4,5)17-13/h3-9,11-14H,1,10H2,2H3,(H,25,28);2-9H,1H3,(H,23,25);6,8-9H,1,7H2,2-5H3. The van der Waals surface area contributed by atoms with Gasteiger partial charge in [0.1, 0.15) is 11.3 Å². The molecule has 79 heavy (non-hydrogen) atoms. The minimum Gasteiger partial charge on any atom is -0.465 e. The quantitative estimate of drug-likeness (QED) is 0.0381. The van der Waals surface area contributed by atoms with E-state index in [4.69, 9.17) is 14.0 Å². The average Bonchev–Trinajstić information content (AvgIpc) is 4.37. The lowest BCUT2D eigenvalue weighted by Crippen LogP contribution is -2.41. The Morgan fingerprint density at radius 2 is 1.15 bits per heavy atom. The molecule has 0 aliphatic carbocycles. The Kier molecular flexibility index (Phi) is 15.1. The summed E-state index contributed by atoms with van der Waals surface area (Å²) in [5, 5.41) is 11.5. The van der Waals surface area contributed by atoms with E-state index in [0.29, 0.717) is 57.3 Å². The summed E-state index contributed by atoms with van der Waals surface area (Å²) in [5.74, 6) is -1.59. The molecule has 9 heterocycles. The number of nitrogens with one attached hydrogen (secondary N) is 2. The van der Waals surface area contributed by atoms with E-state index in [1.54, 1.807) is 73.2 Å². The van der Waals surface area contributed by atoms with Crippen LogP contribution in [0.2, 0.25) is 0 Å². The van der Waals surface area contributed by atoms with E-state index in [1.807, 2.05) is 73.8 Å². The second-order valence-electron chi connectivity index (χ2n) is 18.8. The molecule has 404 valence electrons. The van der Waals surface area contributed by atoms with Crippen molar-refractivity contribution in [3.05, 3.63) is 159 Å². The van der Waals surface area contributed by atoms with Gasteiger partial charge in [-0.3, -0.25) is 14.3 Å². The normalized spacial score (nSPS) is 13.9. The van der Waals surface area contributed by atoms with Crippen LogP contribution in [0.15, 0.2) is 148 Å². The number of rotatable bonds is 12. The van der Waals surface area contributed by atoms with E-state index in [9.17, 15) is 31.2 Å². The van der Waals surface area contributed by atoms with Crippen LogP contribution in [0, 0.1) is 0 Å². The SMILES string of the molecule is C=CCn1cc(-c2cc3c(cn2)[nH]c2nccc(-c4ccc(C(=O)OC)cc4)c23)cn1.C=CCn1cc(B2OC(C)(C)C(C)(C)O2)cn1.COC(=O)c1ccc(-c2ccnc3[nH]c4cnc(OS(=O)(=O)C(F)(F)F)cc4c23)cc1. The van der Waals surface area contributed by atoms with Gasteiger partial charge < -0.3 is 32.9 Å². The number of ether oxygens (including phenoxy) is 2. The van der Waals surface area contributed by atoms with Crippen LogP contribution in [0.1, 0.15) is 48.4 Å². The number of aromatic nitrogens is 10. The van der Waals surface area contributed by atoms with E-state index in [0.717, 1.165) is 62.0 Å².